The summed E-state index contributed by atoms with van der Waals surface area (Å²) in [7, 11) is 0. The predicted octanol–water partition coefficient (Wildman–Crippen LogP) is 1.72. The Labute approximate surface area is 50.0 Å². The van der Waals surface area contributed by atoms with Crippen LogP contribution in [0.3, 0.4) is 0 Å². The maximum Gasteiger partial charge on any atom is 0.0579 e. The fraction of sp³-hybridized carbons (Fsp3) is 1.00. The Morgan fingerprint density at radius 3 is 2.00 bits per heavy atom. The quantitative estimate of drug-likeness (QED) is 0.463. The van der Waals surface area contributed by atoms with E-state index >= 15 is 0 Å². The van der Waals surface area contributed by atoms with Gasteiger partial charge in [0, 0.05) is 0 Å². The SMILES string of the molecule is C1C[C@@H]2CC[C@@H](C1)O2. The second-order valence-electron chi connectivity index (χ2n) is 2.89. The molecule has 0 radical (unpaired) electrons. The molecular formula is C7H12O. The molecule has 46 valence electrons. The molecule has 2 heterocycles. The van der Waals surface area contributed by atoms with Crippen LogP contribution in [-0.4, -0.2) is 12.2 Å². The number of ether oxygens (including phenoxy) is 1. The predicted molar refractivity (Wildman–Crippen MR) is 31.7 cm³/mol. The summed E-state index contributed by atoms with van der Waals surface area (Å²) in [6.45, 7) is 0. The van der Waals surface area contributed by atoms with Gasteiger partial charge in [-0.2, -0.15) is 0 Å². The van der Waals surface area contributed by atoms with Crippen molar-refractivity contribution in [3.8, 4) is 0 Å². The lowest BCUT2D eigenvalue weighted by Crippen LogP contribution is -2.16. The van der Waals surface area contributed by atoms with Gasteiger partial charge < -0.3 is 4.74 Å². The minimum Gasteiger partial charge on any atom is -0.375 e. The number of hydrogen-bond donors (Lipinski definition) is 0. The maximum atomic E-state index is 5.60. The fourth-order valence-corrected chi connectivity index (χ4v) is 1.78. The Balaban J connectivity index is 2.03. The smallest absolute Gasteiger partial charge is 0.0579 e. The van der Waals surface area contributed by atoms with E-state index in [0.29, 0.717) is 12.2 Å². The molecule has 0 N–H and O–H groups in total. The first kappa shape index (κ1) is 4.80. The van der Waals surface area contributed by atoms with Gasteiger partial charge in [0.1, 0.15) is 0 Å². The van der Waals surface area contributed by atoms with Crippen LogP contribution in [0.15, 0.2) is 0 Å². The first-order chi connectivity index (χ1) is 3.95. The third kappa shape index (κ3) is 0.655. The maximum absolute atomic E-state index is 5.60. The molecule has 0 unspecified atom stereocenters. The molecule has 8 heavy (non-hydrogen) atoms. The summed E-state index contributed by atoms with van der Waals surface area (Å²) in [6, 6.07) is 0. The normalized spacial score (nSPS) is 45.0. The Bertz CT molecular complexity index is 76.4. The number of rotatable bonds is 0. The van der Waals surface area contributed by atoms with E-state index < -0.39 is 0 Å². The van der Waals surface area contributed by atoms with Crippen LogP contribution in [0.25, 0.3) is 0 Å². The third-order valence-electron chi connectivity index (χ3n) is 2.25. The van der Waals surface area contributed by atoms with Gasteiger partial charge in [-0.1, -0.05) is 0 Å². The summed E-state index contributed by atoms with van der Waals surface area (Å²) >= 11 is 0. The monoisotopic (exact) mass is 112 g/mol. The Hall–Kier alpha value is -0.0400. The highest BCUT2D eigenvalue weighted by molar-refractivity contribution is 4.78. The van der Waals surface area contributed by atoms with E-state index in [-0.39, 0.29) is 0 Å². The first-order valence-corrected chi connectivity index (χ1v) is 3.60. The third-order valence-corrected chi connectivity index (χ3v) is 2.25. The molecule has 2 atom stereocenters. The van der Waals surface area contributed by atoms with Gasteiger partial charge in [-0.05, 0) is 32.1 Å². The van der Waals surface area contributed by atoms with Crippen LogP contribution >= 0.6 is 0 Å². The summed E-state index contributed by atoms with van der Waals surface area (Å²) in [5.41, 5.74) is 0. The highest BCUT2D eigenvalue weighted by atomic mass is 16.5. The number of hydrogen-bond acceptors (Lipinski definition) is 1. The van der Waals surface area contributed by atoms with E-state index in [1.807, 2.05) is 0 Å². The fourth-order valence-electron chi connectivity index (χ4n) is 1.78. The summed E-state index contributed by atoms with van der Waals surface area (Å²) in [6.07, 6.45) is 8.07. The highest BCUT2D eigenvalue weighted by Crippen LogP contribution is 2.31. The van der Waals surface area contributed by atoms with Crippen molar-refractivity contribution in [2.75, 3.05) is 0 Å². The molecule has 1 heteroatoms. The van der Waals surface area contributed by atoms with Crippen LogP contribution in [0.2, 0.25) is 0 Å². The molecule has 0 saturated carbocycles. The molecular weight excluding hydrogens is 100 g/mol. The van der Waals surface area contributed by atoms with Crippen molar-refractivity contribution in [3.05, 3.63) is 0 Å². The molecule has 1 nitrogen and oxygen atoms in total. The summed E-state index contributed by atoms with van der Waals surface area (Å²) < 4.78 is 5.60. The molecule has 2 aliphatic rings. The van der Waals surface area contributed by atoms with Crippen LogP contribution in [0.5, 0.6) is 0 Å². The molecule has 0 aromatic rings. The Kier molecular flexibility index (Phi) is 1.04. The standard InChI is InChI=1S/C7H12O/c1-2-6-4-5-7(3-1)8-6/h6-7H,1-5H2/t6-,7-/m1/s1. The van der Waals surface area contributed by atoms with Crippen LogP contribution in [0.1, 0.15) is 32.1 Å². The molecule has 0 aromatic carbocycles. The molecule has 2 saturated heterocycles. The van der Waals surface area contributed by atoms with Crippen LogP contribution in [0, 0.1) is 0 Å². The lowest BCUT2D eigenvalue weighted by molar-refractivity contribution is 0.00575. The number of fused-ring (bicyclic) bond motifs is 2. The minimum atomic E-state index is 0.661. The van der Waals surface area contributed by atoms with Gasteiger partial charge in [0.2, 0.25) is 0 Å². The summed E-state index contributed by atoms with van der Waals surface area (Å²) in [4.78, 5) is 0. The van der Waals surface area contributed by atoms with E-state index in [1.54, 1.807) is 0 Å². The average Bonchev–Trinajstić information content (AvgIpc) is 2.12. The van der Waals surface area contributed by atoms with Crippen molar-refractivity contribution in [2.24, 2.45) is 0 Å². The molecule has 2 bridgehead atoms. The first-order valence-electron chi connectivity index (χ1n) is 3.60. The van der Waals surface area contributed by atoms with Crippen molar-refractivity contribution < 1.29 is 4.74 Å². The second kappa shape index (κ2) is 1.73. The van der Waals surface area contributed by atoms with Gasteiger partial charge in [0.25, 0.3) is 0 Å². The van der Waals surface area contributed by atoms with Gasteiger partial charge in [-0.3, -0.25) is 0 Å². The summed E-state index contributed by atoms with van der Waals surface area (Å²) in [5, 5.41) is 0. The van der Waals surface area contributed by atoms with Crippen molar-refractivity contribution in [2.45, 2.75) is 44.3 Å². The lowest BCUT2D eigenvalue weighted by atomic mass is 10.1. The van der Waals surface area contributed by atoms with E-state index in [0.717, 1.165) is 0 Å². The Morgan fingerprint density at radius 1 is 0.875 bits per heavy atom. The zero-order valence-electron chi connectivity index (χ0n) is 5.10. The van der Waals surface area contributed by atoms with E-state index in [2.05, 4.69) is 0 Å². The molecule has 2 fully saturated rings. The lowest BCUT2D eigenvalue weighted by Gasteiger charge is -2.18. The van der Waals surface area contributed by atoms with E-state index in [9.17, 15) is 0 Å². The zero-order valence-corrected chi connectivity index (χ0v) is 5.10. The Morgan fingerprint density at radius 2 is 1.50 bits per heavy atom. The molecule has 0 aromatic heterocycles. The van der Waals surface area contributed by atoms with Gasteiger partial charge >= 0.3 is 0 Å². The molecule has 0 spiro atoms. The van der Waals surface area contributed by atoms with Crippen molar-refractivity contribution >= 4 is 0 Å². The van der Waals surface area contributed by atoms with Gasteiger partial charge in [-0.15, -0.1) is 0 Å². The molecule has 0 amide bonds. The van der Waals surface area contributed by atoms with Crippen molar-refractivity contribution in [1.82, 2.24) is 0 Å². The van der Waals surface area contributed by atoms with Crippen LogP contribution in [-0.2, 0) is 4.74 Å². The van der Waals surface area contributed by atoms with Crippen molar-refractivity contribution in [3.63, 3.8) is 0 Å². The van der Waals surface area contributed by atoms with Crippen molar-refractivity contribution in [1.29, 1.82) is 0 Å². The van der Waals surface area contributed by atoms with E-state index in [4.69, 9.17) is 4.74 Å². The second-order valence-corrected chi connectivity index (χ2v) is 2.89. The van der Waals surface area contributed by atoms with Crippen LogP contribution in [0.4, 0.5) is 0 Å². The molecule has 2 aliphatic heterocycles. The highest BCUT2D eigenvalue weighted by Gasteiger charge is 2.28. The minimum absolute atomic E-state index is 0.661. The molecule has 2 rings (SSSR count). The van der Waals surface area contributed by atoms with Gasteiger partial charge in [0.05, 0.1) is 12.2 Å². The largest absolute Gasteiger partial charge is 0.375 e. The molecule has 0 aliphatic carbocycles. The average molecular weight is 112 g/mol. The topological polar surface area (TPSA) is 9.23 Å². The zero-order chi connectivity index (χ0) is 5.40. The van der Waals surface area contributed by atoms with E-state index in [1.165, 1.54) is 32.1 Å². The van der Waals surface area contributed by atoms with Gasteiger partial charge in [0.15, 0.2) is 0 Å². The summed E-state index contributed by atoms with van der Waals surface area (Å²) in [5.74, 6) is 0. The van der Waals surface area contributed by atoms with Crippen LogP contribution < -0.4 is 0 Å². The van der Waals surface area contributed by atoms with Gasteiger partial charge in [-0.25, -0.2) is 0 Å².